The molecule has 0 aliphatic heterocycles. The molecule has 6 heteroatoms. The molecule has 1 aliphatic carbocycles. The largest absolute Gasteiger partial charge is 0.385 e. The van der Waals surface area contributed by atoms with Gasteiger partial charge in [0.15, 0.2) is 0 Å². The van der Waals surface area contributed by atoms with E-state index in [4.69, 9.17) is 14.2 Å². The zero-order valence-corrected chi connectivity index (χ0v) is 20.7. The van der Waals surface area contributed by atoms with Crippen LogP contribution in [0.25, 0.3) is 11.1 Å². The van der Waals surface area contributed by atoms with Gasteiger partial charge in [-0.15, -0.1) is 0 Å². The van der Waals surface area contributed by atoms with E-state index >= 15 is 0 Å². The number of fused-ring (bicyclic) bond motifs is 3. The van der Waals surface area contributed by atoms with E-state index in [1.54, 1.807) is 14.2 Å². The van der Waals surface area contributed by atoms with Crippen LogP contribution < -0.4 is 0 Å². The number of aldehydes is 1. The molecule has 0 saturated heterocycles. The number of hydrogen-bond acceptors (Lipinski definition) is 4. The van der Waals surface area contributed by atoms with Gasteiger partial charge in [-0.05, 0) is 77.8 Å². The molecule has 3 rings (SSSR count). The van der Waals surface area contributed by atoms with E-state index in [-0.39, 0.29) is 12.2 Å². The van der Waals surface area contributed by atoms with E-state index in [1.165, 1.54) is 22.3 Å². The zero-order chi connectivity index (χ0) is 21.6. The average Bonchev–Trinajstić information content (AvgIpc) is 2.98. The summed E-state index contributed by atoms with van der Waals surface area (Å²) in [6.45, 7) is 1.45. The lowest BCUT2D eigenvalue weighted by Gasteiger charge is -2.33. The number of carbonyl (C=O) groups excluding carboxylic acids is 1. The molecule has 0 heterocycles. The van der Waals surface area contributed by atoms with Crippen molar-refractivity contribution >= 4 is 38.1 Å². The summed E-state index contributed by atoms with van der Waals surface area (Å²) in [5, 5.41) is 0. The maximum Gasteiger partial charge on any atom is 0.146 e. The number of benzene rings is 2. The van der Waals surface area contributed by atoms with Crippen LogP contribution in [0.3, 0.4) is 0 Å². The van der Waals surface area contributed by atoms with Gasteiger partial charge in [-0.25, -0.2) is 0 Å². The minimum absolute atomic E-state index is 0.157. The van der Waals surface area contributed by atoms with Crippen molar-refractivity contribution < 1.29 is 19.0 Å². The van der Waals surface area contributed by atoms with Gasteiger partial charge in [0.1, 0.15) is 13.1 Å². The summed E-state index contributed by atoms with van der Waals surface area (Å²) in [4.78, 5) is 11.1. The van der Waals surface area contributed by atoms with Gasteiger partial charge in [-0.3, -0.25) is 0 Å². The Morgan fingerprint density at radius 2 is 1.73 bits per heavy atom. The highest BCUT2D eigenvalue weighted by molar-refractivity contribution is 9.10. The molecule has 162 valence electrons. The van der Waals surface area contributed by atoms with Crippen molar-refractivity contribution in [1.82, 2.24) is 0 Å². The van der Waals surface area contributed by atoms with E-state index in [0.29, 0.717) is 19.6 Å². The van der Waals surface area contributed by atoms with E-state index in [2.05, 4.69) is 62.2 Å². The first-order chi connectivity index (χ1) is 14.6. The maximum atomic E-state index is 11.1. The van der Waals surface area contributed by atoms with Gasteiger partial charge in [0.05, 0.1) is 6.61 Å². The molecule has 0 radical (unpaired) electrons. The summed E-state index contributed by atoms with van der Waals surface area (Å²) in [5.41, 5.74) is 6.11. The predicted octanol–water partition coefficient (Wildman–Crippen LogP) is 6.39. The van der Waals surface area contributed by atoms with Crippen molar-refractivity contribution in [3.8, 4) is 11.1 Å². The summed E-state index contributed by atoms with van der Waals surface area (Å²) in [5.74, 6) is 0. The van der Waals surface area contributed by atoms with Crippen LogP contribution in [0.15, 0.2) is 39.3 Å². The van der Waals surface area contributed by atoms with Crippen LogP contribution in [0, 0.1) is 0 Å². The van der Waals surface area contributed by atoms with Crippen molar-refractivity contribution in [2.24, 2.45) is 0 Å². The lowest BCUT2D eigenvalue weighted by molar-refractivity contribution is -0.108. The second-order valence-corrected chi connectivity index (χ2v) is 9.50. The molecule has 0 spiro atoms. The molecule has 1 unspecified atom stereocenters. The Hall–Kier alpha value is -1.05. The second-order valence-electron chi connectivity index (χ2n) is 7.67. The first kappa shape index (κ1) is 23.6. The van der Waals surface area contributed by atoms with Gasteiger partial charge in [0, 0.05) is 41.6 Å². The highest BCUT2D eigenvalue weighted by Gasteiger charge is 2.43. The summed E-state index contributed by atoms with van der Waals surface area (Å²) >= 11 is 7.40. The fourth-order valence-electron chi connectivity index (χ4n) is 4.65. The average molecular weight is 540 g/mol. The summed E-state index contributed by atoms with van der Waals surface area (Å²) in [6.07, 6.45) is 5.27. The number of unbranched alkanes of at least 4 members (excludes halogenated alkanes) is 1. The van der Waals surface area contributed by atoms with Gasteiger partial charge in [0.25, 0.3) is 0 Å². The highest BCUT2D eigenvalue weighted by Crippen LogP contribution is 2.56. The Bertz CT molecular complexity index is 884. The third kappa shape index (κ3) is 4.89. The van der Waals surface area contributed by atoms with Crippen molar-refractivity contribution in [1.29, 1.82) is 0 Å². The van der Waals surface area contributed by atoms with Gasteiger partial charge in [-0.1, -0.05) is 37.9 Å². The van der Waals surface area contributed by atoms with Crippen LogP contribution in [0.2, 0.25) is 0 Å². The topological polar surface area (TPSA) is 44.8 Å². The third-order valence-corrected chi connectivity index (χ3v) is 6.75. The standard InChI is InChI=1S/C24H28Br2O4/c1-28-11-5-9-24(8-3-4-10-27)21-13-18(25)6-7-20(21)23-17(15-30-16-29-2)12-19(26)14-22(23)24/h6-7,10,12-14H,3-5,8-9,11,15-16H2,1-2H3. The first-order valence-electron chi connectivity index (χ1n) is 10.2. The Morgan fingerprint density at radius 1 is 0.967 bits per heavy atom. The first-order valence-corrected chi connectivity index (χ1v) is 11.8. The molecule has 0 aromatic heterocycles. The molecule has 0 bridgehead atoms. The highest BCUT2D eigenvalue weighted by atomic mass is 79.9. The third-order valence-electron chi connectivity index (χ3n) is 5.80. The number of methoxy groups -OCH3 is 2. The van der Waals surface area contributed by atoms with Gasteiger partial charge >= 0.3 is 0 Å². The fourth-order valence-corrected chi connectivity index (χ4v) is 5.52. The lowest BCUT2D eigenvalue weighted by atomic mass is 9.71. The van der Waals surface area contributed by atoms with E-state index in [1.807, 2.05) is 0 Å². The summed E-state index contributed by atoms with van der Waals surface area (Å²) in [6, 6.07) is 10.9. The van der Waals surface area contributed by atoms with E-state index < -0.39 is 0 Å². The number of halogens is 2. The minimum Gasteiger partial charge on any atom is -0.385 e. The molecule has 0 fully saturated rings. The molecule has 1 aliphatic rings. The lowest BCUT2D eigenvalue weighted by Crippen LogP contribution is -2.26. The van der Waals surface area contributed by atoms with Crippen LogP contribution in [0.1, 0.15) is 48.8 Å². The Kier molecular flexibility index (Phi) is 8.66. The normalized spacial score (nSPS) is 17.1. The predicted molar refractivity (Wildman–Crippen MR) is 126 cm³/mol. The second kappa shape index (κ2) is 11.0. The van der Waals surface area contributed by atoms with E-state index in [9.17, 15) is 4.79 Å². The van der Waals surface area contributed by atoms with Crippen LogP contribution >= 0.6 is 31.9 Å². The van der Waals surface area contributed by atoms with Gasteiger partial charge in [0.2, 0.25) is 0 Å². The smallest absolute Gasteiger partial charge is 0.146 e. The molecule has 0 amide bonds. The minimum atomic E-state index is -0.157. The SMILES string of the molecule is COCCCC1(CCCC=O)c2cc(Br)ccc2-c2c(COCOC)cc(Br)cc21. The number of hydrogen-bond donors (Lipinski definition) is 0. The number of rotatable bonds is 12. The molecule has 2 aromatic rings. The Morgan fingerprint density at radius 3 is 2.47 bits per heavy atom. The molecular weight excluding hydrogens is 512 g/mol. The molecular formula is C24H28Br2O4. The van der Waals surface area contributed by atoms with E-state index in [0.717, 1.165) is 46.5 Å². The molecule has 4 nitrogen and oxygen atoms in total. The fraction of sp³-hybridized carbons (Fsp3) is 0.458. The number of carbonyl (C=O) groups is 1. The Labute approximate surface area is 195 Å². The van der Waals surface area contributed by atoms with Crippen molar-refractivity contribution in [3.63, 3.8) is 0 Å². The van der Waals surface area contributed by atoms with Crippen LogP contribution in [0.4, 0.5) is 0 Å². The molecule has 2 aromatic carbocycles. The quantitative estimate of drug-likeness (QED) is 0.178. The van der Waals surface area contributed by atoms with Crippen molar-refractivity contribution in [3.05, 3.63) is 56.0 Å². The van der Waals surface area contributed by atoms with Crippen LogP contribution in [0.5, 0.6) is 0 Å². The van der Waals surface area contributed by atoms with Gasteiger partial charge in [-0.2, -0.15) is 0 Å². The number of ether oxygens (including phenoxy) is 3. The maximum absolute atomic E-state index is 11.1. The van der Waals surface area contributed by atoms with Crippen LogP contribution in [-0.4, -0.2) is 33.9 Å². The molecule has 1 atom stereocenters. The monoisotopic (exact) mass is 538 g/mol. The molecule has 0 saturated carbocycles. The summed E-state index contributed by atoms with van der Waals surface area (Å²) < 4.78 is 18.3. The zero-order valence-electron chi connectivity index (χ0n) is 17.5. The van der Waals surface area contributed by atoms with Crippen LogP contribution in [-0.2, 0) is 31.0 Å². The van der Waals surface area contributed by atoms with Crippen molar-refractivity contribution in [2.75, 3.05) is 27.6 Å². The summed E-state index contributed by atoms with van der Waals surface area (Å²) in [7, 11) is 3.38. The Balaban J connectivity index is 2.17. The molecule has 30 heavy (non-hydrogen) atoms. The van der Waals surface area contributed by atoms with Crippen molar-refractivity contribution in [2.45, 2.75) is 44.1 Å². The van der Waals surface area contributed by atoms with Gasteiger partial charge < -0.3 is 19.0 Å². The molecule has 0 N–H and O–H groups in total.